The third kappa shape index (κ3) is 2.97. The van der Waals surface area contributed by atoms with Gasteiger partial charge in [0.25, 0.3) is 0 Å². The molecule has 0 saturated carbocycles. The predicted octanol–water partition coefficient (Wildman–Crippen LogP) is 1.94. The van der Waals surface area contributed by atoms with Crippen LogP contribution in [0, 0.1) is 11.6 Å². The lowest BCUT2D eigenvalue weighted by Gasteiger charge is -2.23. The van der Waals surface area contributed by atoms with Gasteiger partial charge in [-0.2, -0.15) is 0 Å². The van der Waals surface area contributed by atoms with E-state index in [4.69, 9.17) is 5.11 Å². The summed E-state index contributed by atoms with van der Waals surface area (Å²) in [6.07, 6.45) is 0.593. The Bertz CT molecular complexity index is 337. The van der Waals surface area contributed by atoms with E-state index in [1.54, 1.807) is 0 Å². The van der Waals surface area contributed by atoms with Crippen LogP contribution in [0.3, 0.4) is 0 Å². The molecule has 0 aliphatic rings. The maximum absolute atomic E-state index is 13.3. The molecule has 2 N–H and O–H groups in total. The summed E-state index contributed by atoms with van der Waals surface area (Å²) in [4.78, 5) is 0. The number of benzene rings is 1. The number of aliphatic hydroxyl groups is 2. The van der Waals surface area contributed by atoms with Crippen molar-refractivity contribution in [3.8, 4) is 0 Å². The molecular weight excluding hydrogens is 202 g/mol. The van der Waals surface area contributed by atoms with Crippen molar-refractivity contribution in [1.82, 2.24) is 0 Å². The first kappa shape index (κ1) is 12.1. The Labute approximate surface area is 87.2 Å². The molecule has 0 bridgehead atoms. The summed E-state index contributed by atoms with van der Waals surface area (Å²) in [5.41, 5.74) is -1.32. The molecular formula is C11H14F2O2. The summed E-state index contributed by atoms with van der Waals surface area (Å²) in [5.74, 6) is -1.44. The fourth-order valence-electron chi connectivity index (χ4n) is 1.48. The van der Waals surface area contributed by atoms with Crippen molar-refractivity contribution in [1.29, 1.82) is 0 Å². The van der Waals surface area contributed by atoms with Gasteiger partial charge in [0.05, 0.1) is 5.60 Å². The number of rotatable bonds is 4. The third-order valence-electron chi connectivity index (χ3n) is 2.33. The Hall–Kier alpha value is -1.00. The minimum atomic E-state index is -1.37. The zero-order chi connectivity index (χ0) is 11.5. The smallest absolute Gasteiger partial charge is 0.132 e. The van der Waals surface area contributed by atoms with Gasteiger partial charge in [-0.15, -0.1) is 0 Å². The summed E-state index contributed by atoms with van der Waals surface area (Å²) in [6, 6.07) is 3.07. The summed E-state index contributed by atoms with van der Waals surface area (Å²) in [7, 11) is 0. The fraction of sp³-hybridized carbons (Fsp3) is 0.455. The highest BCUT2D eigenvalue weighted by atomic mass is 19.1. The number of hydrogen-bond donors (Lipinski definition) is 2. The lowest BCUT2D eigenvalue weighted by atomic mass is 9.91. The maximum atomic E-state index is 13.3. The van der Waals surface area contributed by atoms with E-state index in [1.807, 2.05) is 0 Å². The van der Waals surface area contributed by atoms with E-state index >= 15 is 0 Å². The Morgan fingerprint density at radius 3 is 2.53 bits per heavy atom. The Morgan fingerprint density at radius 2 is 2.00 bits per heavy atom. The normalized spacial score (nSPS) is 15.0. The average Bonchev–Trinajstić information content (AvgIpc) is 2.14. The Kier molecular flexibility index (Phi) is 3.77. The predicted molar refractivity (Wildman–Crippen MR) is 52.2 cm³/mol. The van der Waals surface area contributed by atoms with E-state index in [2.05, 4.69) is 0 Å². The minimum absolute atomic E-state index is 0.0531. The third-order valence-corrected chi connectivity index (χ3v) is 2.33. The van der Waals surface area contributed by atoms with Crippen LogP contribution in [0.15, 0.2) is 18.2 Å². The zero-order valence-corrected chi connectivity index (χ0v) is 8.50. The minimum Gasteiger partial charge on any atom is -0.396 e. The first-order valence-corrected chi connectivity index (χ1v) is 4.76. The molecule has 0 aliphatic heterocycles. The molecule has 0 spiro atoms. The number of hydrogen-bond acceptors (Lipinski definition) is 2. The number of halogens is 2. The van der Waals surface area contributed by atoms with E-state index in [1.165, 1.54) is 13.0 Å². The molecule has 0 heterocycles. The van der Waals surface area contributed by atoms with E-state index in [9.17, 15) is 13.9 Å². The highest BCUT2D eigenvalue weighted by Gasteiger charge is 2.25. The van der Waals surface area contributed by atoms with Gasteiger partial charge in [-0.25, -0.2) is 8.78 Å². The van der Waals surface area contributed by atoms with Crippen molar-refractivity contribution in [2.75, 3.05) is 6.61 Å². The van der Waals surface area contributed by atoms with E-state index in [0.29, 0.717) is 6.42 Å². The fourth-order valence-corrected chi connectivity index (χ4v) is 1.48. The molecule has 1 aromatic rings. The van der Waals surface area contributed by atoms with Gasteiger partial charge >= 0.3 is 0 Å². The maximum Gasteiger partial charge on any atom is 0.132 e. The van der Waals surface area contributed by atoms with E-state index in [0.717, 1.165) is 12.1 Å². The molecule has 1 atom stereocenters. The molecule has 0 radical (unpaired) electrons. The second-order valence-electron chi connectivity index (χ2n) is 3.73. The van der Waals surface area contributed by atoms with Gasteiger partial charge < -0.3 is 10.2 Å². The van der Waals surface area contributed by atoms with Gasteiger partial charge in [-0.3, -0.25) is 0 Å². The van der Waals surface area contributed by atoms with Crippen molar-refractivity contribution in [3.05, 3.63) is 35.4 Å². The zero-order valence-electron chi connectivity index (χ0n) is 8.50. The van der Waals surface area contributed by atoms with Crippen LogP contribution in [0.25, 0.3) is 0 Å². The lowest BCUT2D eigenvalue weighted by molar-refractivity contribution is 0.0367. The monoisotopic (exact) mass is 216 g/mol. The average molecular weight is 216 g/mol. The van der Waals surface area contributed by atoms with Crippen LogP contribution in [-0.4, -0.2) is 16.8 Å². The molecule has 2 nitrogen and oxygen atoms in total. The molecule has 0 amide bonds. The highest BCUT2D eigenvalue weighted by Crippen LogP contribution is 2.28. The molecule has 1 rings (SSSR count). The van der Waals surface area contributed by atoms with Crippen LogP contribution < -0.4 is 0 Å². The van der Waals surface area contributed by atoms with Crippen molar-refractivity contribution < 1.29 is 19.0 Å². The van der Waals surface area contributed by atoms with Crippen LogP contribution in [0.5, 0.6) is 0 Å². The Balaban J connectivity index is 2.93. The summed E-state index contributed by atoms with van der Waals surface area (Å²) in [5, 5.41) is 18.5. The molecule has 1 unspecified atom stereocenters. The van der Waals surface area contributed by atoms with Gasteiger partial charge in [-0.1, -0.05) is 6.07 Å². The molecule has 84 valence electrons. The second kappa shape index (κ2) is 4.68. The molecule has 0 saturated heterocycles. The van der Waals surface area contributed by atoms with E-state index < -0.39 is 17.2 Å². The standard InChI is InChI=1S/C11H14F2O2/c1-11(15,5-2-6-14)9-4-3-8(12)7-10(9)13/h3-4,7,14-15H,2,5-6H2,1H3. The molecule has 1 aromatic carbocycles. The van der Waals surface area contributed by atoms with Crippen LogP contribution in [0.1, 0.15) is 25.3 Å². The van der Waals surface area contributed by atoms with Crippen LogP contribution in [-0.2, 0) is 5.60 Å². The van der Waals surface area contributed by atoms with Gasteiger partial charge in [0, 0.05) is 18.2 Å². The van der Waals surface area contributed by atoms with Gasteiger partial charge in [0.15, 0.2) is 0 Å². The topological polar surface area (TPSA) is 40.5 Å². The molecule has 4 heteroatoms. The molecule has 0 aliphatic carbocycles. The first-order valence-electron chi connectivity index (χ1n) is 4.76. The van der Waals surface area contributed by atoms with Crippen molar-refractivity contribution in [2.45, 2.75) is 25.4 Å². The molecule has 15 heavy (non-hydrogen) atoms. The van der Waals surface area contributed by atoms with Crippen molar-refractivity contribution in [2.24, 2.45) is 0 Å². The van der Waals surface area contributed by atoms with Crippen LogP contribution >= 0.6 is 0 Å². The molecule has 0 fully saturated rings. The van der Waals surface area contributed by atoms with Crippen molar-refractivity contribution in [3.63, 3.8) is 0 Å². The van der Waals surface area contributed by atoms with E-state index in [-0.39, 0.29) is 18.6 Å². The van der Waals surface area contributed by atoms with Gasteiger partial charge in [0.2, 0.25) is 0 Å². The summed E-state index contributed by atoms with van der Waals surface area (Å²) >= 11 is 0. The quantitative estimate of drug-likeness (QED) is 0.807. The van der Waals surface area contributed by atoms with Gasteiger partial charge in [0.1, 0.15) is 11.6 Å². The van der Waals surface area contributed by atoms with Gasteiger partial charge in [-0.05, 0) is 25.8 Å². The largest absolute Gasteiger partial charge is 0.396 e. The van der Waals surface area contributed by atoms with Crippen molar-refractivity contribution >= 4 is 0 Å². The SMILES string of the molecule is CC(O)(CCCO)c1ccc(F)cc1F. The van der Waals surface area contributed by atoms with Crippen LogP contribution in [0.4, 0.5) is 8.78 Å². The highest BCUT2D eigenvalue weighted by molar-refractivity contribution is 5.24. The summed E-state index contributed by atoms with van der Waals surface area (Å²) < 4.78 is 25.9. The summed E-state index contributed by atoms with van der Waals surface area (Å²) in [6.45, 7) is 1.37. The second-order valence-corrected chi connectivity index (χ2v) is 3.73. The van der Waals surface area contributed by atoms with Crippen LogP contribution in [0.2, 0.25) is 0 Å². The lowest BCUT2D eigenvalue weighted by Crippen LogP contribution is -2.23. The first-order chi connectivity index (χ1) is 6.97. The molecule has 0 aromatic heterocycles. The Morgan fingerprint density at radius 1 is 1.33 bits per heavy atom. The number of aliphatic hydroxyl groups excluding tert-OH is 1.